The number of benzene rings is 2. The van der Waals surface area contributed by atoms with E-state index in [4.69, 9.17) is 0 Å². The highest BCUT2D eigenvalue weighted by Gasteiger charge is 2.20. The molecule has 0 atom stereocenters. The molecule has 0 saturated carbocycles. The van der Waals surface area contributed by atoms with Crippen molar-refractivity contribution in [2.45, 2.75) is 36.7 Å². The van der Waals surface area contributed by atoms with Crippen molar-refractivity contribution < 1.29 is 13.6 Å². The van der Waals surface area contributed by atoms with Crippen LogP contribution in [0.15, 0.2) is 52.4 Å². The predicted molar refractivity (Wildman–Crippen MR) is 112 cm³/mol. The fourth-order valence-corrected chi connectivity index (χ4v) is 4.66. The Morgan fingerprint density at radius 1 is 1.00 bits per heavy atom. The molecule has 0 radical (unpaired) electrons. The van der Waals surface area contributed by atoms with E-state index in [9.17, 15) is 18.4 Å². The van der Waals surface area contributed by atoms with Crippen LogP contribution in [0.5, 0.6) is 0 Å². The van der Waals surface area contributed by atoms with Gasteiger partial charge in [0.15, 0.2) is 5.16 Å². The van der Waals surface area contributed by atoms with E-state index in [2.05, 4.69) is 4.98 Å². The first-order chi connectivity index (χ1) is 14.5. The zero-order chi connectivity index (χ0) is 21.1. The third kappa shape index (κ3) is 4.23. The largest absolute Gasteiger partial charge is 0.343 e. The van der Waals surface area contributed by atoms with Gasteiger partial charge in [-0.05, 0) is 37.1 Å². The maximum absolute atomic E-state index is 14.0. The summed E-state index contributed by atoms with van der Waals surface area (Å²) < 4.78 is 29.6. The van der Waals surface area contributed by atoms with E-state index in [0.29, 0.717) is 42.0 Å². The van der Waals surface area contributed by atoms with E-state index in [1.54, 1.807) is 33.7 Å². The van der Waals surface area contributed by atoms with Crippen molar-refractivity contribution in [2.75, 3.05) is 13.1 Å². The van der Waals surface area contributed by atoms with Gasteiger partial charge in [0.2, 0.25) is 5.91 Å². The first kappa shape index (κ1) is 20.5. The second-order valence-electron chi connectivity index (χ2n) is 7.20. The molecule has 5 nitrogen and oxygen atoms in total. The summed E-state index contributed by atoms with van der Waals surface area (Å²) in [4.78, 5) is 31.3. The fraction of sp³-hybridized carbons (Fsp3) is 0.318. The zero-order valence-corrected chi connectivity index (χ0v) is 17.1. The lowest BCUT2D eigenvalue weighted by Gasteiger charge is -2.17. The maximum atomic E-state index is 14.0. The third-order valence-electron chi connectivity index (χ3n) is 5.22. The molecule has 1 amide bonds. The van der Waals surface area contributed by atoms with Gasteiger partial charge in [-0.2, -0.15) is 0 Å². The Morgan fingerprint density at radius 2 is 1.77 bits per heavy atom. The average molecular weight is 429 g/mol. The minimum absolute atomic E-state index is 0.0217. The van der Waals surface area contributed by atoms with Gasteiger partial charge in [0.05, 0.1) is 10.9 Å². The van der Waals surface area contributed by atoms with Crippen molar-refractivity contribution >= 4 is 28.6 Å². The third-order valence-corrected chi connectivity index (χ3v) is 6.22. The number of carbonyl (C=O) groups excluding carboxylic acids is 1. The summed E-state index contributed by atoms with van der Waals surface area (Å²) in [5.74, 6) is -1.08. The number of nitrogens with zero attached hydrogens (tertiary/aromatic N) is 3. The molecule has 0 aliphatic carbocycles. The molecule has 3 aromatic rings. The van der Waals surface area contributed by atoms with Crippen LogP contribution in [0.3, 0.4) is 0 Å². The Labute approximate surface area is 176 Å². The monoisotopic (exact) mass is 429 g/mol. The van der Waals surface area contributed by atoms with Crippen LogP contribution in [0.1, 0.15) is 24.8 Å². The lowest BCUT2D eigenvalue weighted by atomic mass is 10.2. The van der Waals surface area contributed by atoms with Crippen molar-refractivity contribution in [3.05, 3.63) is 70.0 Å². The maximum Gasteiger partial charge on any atom is 0.262 e. The summed E-state index contributed by atoms with van der Waals surface area (Å²) in [5.41, 5.74) is 0.314. The van der Waals surface area contributed by atoms with E-state index in [0.717, 1.165) is 24.7 Å². The number of para-hydroxylation sites is 1. The fourth-order valence-electron chi connectivity index (χ4n) is 3.62. The Bertz CT molecular complexity index is 1130. The molecule has 0 N–H and O–H groups in total. The molecule has 1 aromatic heterocycles. The number of hydrogen-bond donors (Lipinski definition) is 0. The summed E-state index contributed by atoms with van der Waals surface area (Å²) in [5, 5.41) is 0.908. The molecule has 4 rings (SSSR count). The molecule has 1 saturated heterocycles. The van der Waals surface area contributed by atoms with Crippen molar-refractivity contribution in [1.29, 1.82) is 0 Å². The first-order valence-corrected chi connectivity index (χ1v) is 10.9. The Balaban J connectivity index is 1.60. The van der Waals surface area contributed by atoms with Crippen molar-refractivity contribution in [3.8, 4) is 0 Å². The van der Waals surface area contributed by atoms with Crippen LogP contribution < -0.4 is 5.56 Å². The lowest BCUT2D eigenvalue weighted by molar-refractivity contribution is -0.127. The van der Waals surface area contributed by atoms with E-state index < -0.39 is 11.6 Å². The molecule has 156 valence electrons. The normalized spacial score (nSPS) is 14.1. The lowest BCUT2D eigenvalue weighted by Crippen LogP contribution is -2.29. The number of hydrogen-bond acceptors (Lipinski definition) is 4. The molecule has 2 aromatic carbocycles. The number of amides is 1. The summed E-state index contributed by atoms with van der Waals surface area (Å²) in [6.07, 6.45) is 2.05. The van der Waals surface area contributed by atoms with Gasteiger partial charge in [-0.1, -0.05) is 30.0 Å². The van der Waals surface area contributed by atoms with Crippen LogP contribution in [0.25, 0.3) is 10.9 Å². The van der Waals surface area contributed by atoms with Gasteiger partial charge in [-0.3, -0.25) is 14.2 Å². The first-order valence-electron chi connectivity index (χ1n) is 9.87. The number of fused-ring (bicyclic) bond motifs is 1. The van der Waals surface area contributed by atoms with Crippen molar-refractivity contribution in [2.24, 2.45) is 0 Å². The number of rotatable bonds is 7. The average Bonchev–Trinajstić information content (AvgIpc) is 3.14. The summed E-state index contributed by atoms with van der Waals surface area (Å²) in [6.45, 7) is 1.70. The SMILES string of the molecule is O=C1CCCN1CCCn1c(SCc2c(F)cccc2F)nc2ccccc2c1=O. The number of halogens is 2. The number of likely N-dealkylation sites (tertiary alicyclic amines) is 1. The predicted octanol–water partition coefficient (Wildman–Crippen LogP) is 3.98. The summed E-state index contributed by atoms with van der Waals surface area (Å²) in [7, 11) is 0. The zero-order valence-electron chi connectivity index (χ0n) is 16.3. The van der Waals surface area contributed by atoms with Crippen LogP contribution in [0.2, 0.25) is 0 Å². The van der Waals surface area contributed by atoms with Crippen LogP contribution >= 0.6 is 11.8 Å². The van der Waals surface area contributed by atoms with Crippen molar-refractivity contribution in [1.82, 2.24) is 14.5 Å². The molecule has 30 heavy (non-hydrogen) atoms. The van der Waals surface area contributed by atoms with Gasteiger partial charge < -0.3 is 4.90 Å². The van der Waals surface area contributed by atoms with Crippen LogP contribution in [0, 0.1) is 11.6 Å². The molecule has 2 heterocycles. The summed E-state index contributed by atoms with van der Waals surface area (Å²) >= 11 is 1.13. The molecule has 0 bridgehead atoms. The van der Waals surface area contributed by atoms with E-state index >= 15 is 0 Å². The highest BCUT2D eigenvalue weighted by Crippen LogP contribution is 2.25. The summed E-state index contributed by atoms with van der Waals surface area (Å²) in [6, 6.07) is 10.8. The molecule has 0 unspecified atom stereocenters. The minimum atomic E-state index is -0.621. The van der Waals surface area contributed by atoms with E-state index in [-0.39, 0.29) is 22.8 Å². The Kier molecular flexibility index (Phi) is 6.13. The minimum Gasteiger partial charge on any atom is -0.343 e. The number of aromatic nitrogens is 2. The van der Waals surface area contributed by atoms with Gasteiger partial charge >= 0.3 is 0 Å². The smallest absolute Gasteiger partial charge is 0.262 e. The Morgan fingerprint density at radius 3 is 2.50 bits per heavy atom. The van der Waals surface area contributed by atoms with Crippen LogP contribution in [-0.2, 0) is 17.1 Å². The molecule has 1 aliphatic rings. The topological polar surface area (TPSA) is 55.2 Å². The van der Waals surface area contributed by atoms with Gasteiger partial charge in [-0.15, -0.1) is 0 Å². The van der Waals surface area contributed by atoms with Gasteiger partial charge in [-0.25, -0.2) is 13.8 Å². The van der Waals surface area contributed by atoms with Gasteiger partial charge in [0.25, 0.3) is 5.56 Å². The molecule has 0 spiro atoms. The molecule has 1 fully saturated rings. The second-order valence-corrected chi connectivity index (χ2v) is 8.14. The quantitative estimate of drug-likeness (QED) is 0.421. The molecular weight excluding hydrogens is 408 g/mol. The standard InChI is InChI=1S/C22H21F2N3O2S/c23-17-7-3-8-18(24)16(17)14-30-22-25-19-9-2-1-6-15(19)21(29)27(22)13-5-12-26-11-4-10-20(26)28/h1-3,6-9H,4-5,10-14H2. The number of carbonyl (C=O) groups is 1. The van der Waals surface area contributed by atoms with Crippen LogP contribution in [0.4, 0.5) is 8.78 Å². The molecule has 1 aliphatic heterocycles. The van der Waals surface area contributed by atoms with E-state index in [1.807, 2.05) is 0 Å². The Hall–Kier alpha value is -2.74. The molecular formula is C22H21F2N3O2S. The van der Waals surface area contributed by atoms with Crippen LogP contribution in [-0.4, -0.2) is 33.4 Å². The number of thioether (sulfide) groups is 1. The molecule has 8 heteroatoms. The van der Waals surface area contributed by atoms with Gasteiger partial charge in [0, 0.05) is 37.4 Å². The highest BCUT2D eigenvalue weighted by atomic mass is 32.2. The van der Waals surface area contributed by atoms with Crippen molar-refractivity contribution in [3.63, 3.8) is 0 Å². The second kappa shape index (κ2) is 8.95. The van der Waals surface area contributed by atoms with Gasteiger partial charge in [0.1, 0.15) is 11.6 Å². The highest BCUT2D eigenvalue weighted by molar-refractivity contribution is 7.98. The van der Waals surface area contributed by atoms with E-state index in [1.165, 1.54) is 18.2 Å².